The first-order valence-corrected chi connectivity index (χ1v) is 4.77. The van der Waals surface area contributed by atoms with Crippen molar-refractivity contribution in [1.29, 1.82) is 0 Å². The van der Waals surface area contributed by atoms with Gasteiger partial charge in [-0.15, -0.1) is 0 Å². The van der Waals surface area contributed by atoms with Crippen molar-refractivity contribution in [2.75, 3.05) is 5.73 Å². The van der Waals surface area contributed by atoms with E-state index in [1.807, 2.05) is 24.3 Å². The van der Waals surface area contributed by atoms with Crippen LogP contribution in [0.2, 0.25) is 0 Å². The second-order valence-electron chi connectivity index (χ2n) is 3.28. The fourth-order valence-corrected chi connectivity index (χ4v) is 1.49. The highest BCUT2D eigenvalue weighted by molar-refractivity contribution is 5.76. The lowest BCUT2D eigenvalue weighted by Gasteiger charge is -1.96. The number of nitrogens with zero attached hydrogens (tertiary/aromatic N) is 3. The normalized spacial score (nSPS) is 10.8. The number of benzene rings is 1. The third kappa shape index (κ3) is 1.30. The van der Waals surface area contributed by atoms with E-state index in [1.54, 1.807) is 6.20 Å². The van der Waals surface area contributed by atoms with Crippen LogP contribution in [0, 0.1) is 0 Å². The largest absolute Gasteiger partial charge is 0.435 e. The molecule has 3 rings (SSSR count). The highest BCUT2D eigenvalue weighted by Crippen LogP contribution is 2.24. The average Bonchev–Trinajstić information content (AvgIpc) is 2.73. The van der Waals surface area contributed by atoms with Gasteiger partial charge in [0.1, 0.15) is 5.52 Å². The first-order valence-electron chi connectivity index (χ1n) is 4.77. The van der Waals surface area contributed by atoms with Gasteiger partial charge in [-0.05, 0) is 12.1 Å². The Hall–Kier alpha value is -2.43. The number of para-hydroxylation sites is 2. The molecule has 2 N–H and O–H groups in total. The van der Waals surface area contributed by atoms with Crippen LogP contribution in [0.15, 0.2) is 41.1 Å². The topological polar surface area (TPSA) is 77.8 Å². The number of nitrogens with two attached hydrogens (primary N) is 1. The van der Waals surface area contributed by atoms with Crippen LogP contribution in [0.1, 0.15) is 0 Å². The van der Waals surface area contributed by atoms with Crippen molar-refractivity contribution in [2.24, 2.45) is 0 Å². The van der Waals surface area contributed by atoms with Crippen LogP contribution < -0.4 is 5.73 Å². The van der Waals surface area contributed by atoms with Crippen LogP contribution in [-0.4, -0.2) is 15.0 Å². The van der Waals surface area contributed by atoms with Crippen LogP contribution >= 0.6 is 0 Å². The van der Waals surface area contributed by atoms with E-state index in [-0.39, 0.29) is 0 Å². The SMILES string of the molecule is Nc1nccnc1-c1nc2ccccc2o1. The summed E-state index contributed by atoms with van der Waals surface area (Å²) in [5.74, 6) is 0.709. The van der Waals surface area contributed by atoms with E-state index in [9.17, 15) is 0 Å². The molecule has 0 amide bonds. The number of oxazole rings is 1. The number of rotatable bonds is 1. The molecule has 5 heteroatoms. The summed E-state index contributed by atoms with van der Waals surface area (Å²) in [6.07, 6.45) is 3.09. The summed E-state index contributed by atoms with van der Waals surface area (Å²) in [6, 6.07) is 7.50. The van der Waals surface area contributed by atoms with Crippen LogP contribution in [0.4, 0.5) is 5.82 Å². The fourth-order valence-electron chi connectivity index (χ4n) is 1.49. The first-order chi connectivity index (χ1) is 7.84. The van der Waals surface area contributed by atoms with Crippen LogP contribution in [0.3, 0.4) is 0 Å². The van der Waals surface area contributed by atoms with Gasteiger partial charge in [0.15, 0.2) is 17.1 Å². The molecule has 0 spiro atoms. The van der Waals surface area contributed by atoms with Crippen molar-refractivity contribution in [3.05, 3.63) is 36.7 Å². The zero-order valence-corrected chi connectivity index (χ0v) is 8.29. The molecule has 0 aliphatic heterocycles. The molecule has 0 atom stereocenters. The molecule has 5 nitrogen and oxygen atoms in total. The Morgan fingerprint density at radius 1 is 1.06 bits per heavy atom. The standard InChI is InChI=1S/C11H8N4O/c12-10-9(13-5-6-14-10)11-15-7-3-1-2-4-8(7)16-11/h1-6H,(H2,12,14). The predicted octanol–water partition coefficient (Wildman–Crippen LogP) is 1.87. The molecule has 0 fully saturated rings. The highest BCUT2D eigenvalue weighted by Gasteiger charge is 2.12. The quantitative estimate of drug-likeness (QED) is 0.666. The molecule has 0 saturated heterocycles. The maximum Gasteiger partial charge on any atom is 0.250 e. The Morgan fingerprint density at radius 3 is 2.69 bits per heavy atom. The summed E-state index contributed by atoms with van der Waals surface area (Å²) >= 11 is 0. The van der Waals surface area contributed by atoms with Gasteiger partial charge in [0.05, 0.1) is 0 Å². The summed E-state index contributed by atoms with van der Waals surface area (Å²) < 4.78 is 5.54. The Morgan fingerprint density at radius 2 is 1.88 bits per heavy atom. The van der Waals surface area contributed by atoms with Gasteiger partial charge >= 0.3 is 0 Å². The van der Waals surface area contributed by atoms with Crippen molar-refractivity contribution in [3.63, 3.8) is 0 Å². The first kappa shape index (κ1) is 8.84. The lowest BCUT2D eigenvalue weighted by molar-refractivity contribution is 0.616. The molecule has 0 saturated carbocycles. The van der Waals surface area contributed by atoms with Gasteiger partial charge in [0.25, 0.3) is 0 Å². The Labute approximate surface area is 91.0 Å². The summed E-state index contributed by atoms with van der Waals surface area (Å²) in [4.78, 5) is 12.3. The molecule has 0 bridgehead atoms. The van der Waals surface area contributed by atoms with Gasteiger partial charge in [0.2, 0.25) is 5.89 Å². The second-order valence-corrected chi connectivity index (χ2v) is 3.28. The van der Waals surface area contributed by atoms with E-state index in [0.717, 1.165) is 5.52 Å². The van der Waals surface area contributed by atoms with Gasteiger partial charge in [-0.3, -0.25) is 0 Å². The third-order valence-electron chi connectivity index (χ3n) is 2.22. The van der Waals surface area contributed by atoms with Gasteiger partial charge in [0, 0.05) is 12.4 Å². The summed E-state index contributed by atoms with van der Waals surface area (Å²) in [5, 5.41) is 0. The molecule has 2 aromatic heterocycles. The Balaban J connectivity index is 2.23. The fraction of sp³-hybridized carbons (Fsp3) is 0. The van der Waals surface area contributed by atoms with Crippen molar-refractivity contribution >= 4 is 16.9 Å². The third-order valence-corrected chi connectivity index (χ3v) is 2.22. The van der Waals surface area contributed by atoms with Crippen molar-refractivity contribution in [1.82, 2.24) is 15.0 Å². The van der Waals surface area contributed by atoms with E-state index in [1.165, 1.54) is 6.20 Å². The molecule has 0 unspecified atom stereocenters. The molecular formula is C11H8N4O. The minimum Gasteiger partial charge on any atom is -0.435 e. The van der Waals surface area contributed by atoms with Crippen LogP contribution in [0.5, 0.6) is 0 Å². The second kappa shape index (κ2) is 3.30. The number of fused-ring (bicyclic) bond motifs is 1. The van der Waals surface area contributed by atoms with Crippen LogP contribution in [-0.2, 0) is 0 Å². The predicted molar refractivity (Wildman–Crippen MR) is 59.4 cm³/mol. The van der Waals surface area contributed by atoms with E-state index in [4.69, 9.17) is 10.2 Å². The van der Waals surface area contributed by atoms with Crippen molar-refractivity contribution < 1.29 is 4.42 Å². The molecule has 0 radical (unpaired) electrons. The van der Waals surface area contributed by atoms with E-state index in [0.29, 0.717) is 23.0 Å². The number of hydrogen-bond donors (Lipinski definition) is 1. The number of aromatic nitrogens is 3. The molecule has 2 heterocycles. The van der Waals surface area contributed by atoms with E-state index >= 15 is 0 Å². The lowest BCUT2D eigenvalue weighted by Crippen LogP contribution is -1.95. The van der Waals surface area contributed by atoms with Gasteiger partial charge in [-0.25, -0.2) is 15.0 Å². The zero-order chi connectivity index (χ0) is 11.0. The monoisotopic (exact) mass is 212 g/mol. The van der Waals surface area contributed by atoms with E-state index < -0.39 is 0 Å². The summed E-state index contributed by atoms with van der Waals surface area (Å²) in [5.41, 5.74) is 7.66. The number of hydrogen-bond acceptors (Lipinski definition) is 5. The van der Waals surface area contributed by atoms with Crippen molar-refractivity contribution in [2.45, 2.75) is 0 Å². The van der Waals surface area contributed by atoms with Gasteiger partial charge in [-0.2, -0.15) is 0 Å². The Kier molecular flexibility index (Phi) is 1.83. The maximum absolute atomic E-state index is 5.70. The number of nitrogen functional groups attached to an aromatic ring is 1. The molecule has 78 valence electrons. The molecule has 0 aliphatic carbocycles. The summed E-state index contributed by atoms with van der Waals surface area (Å²) in [7, 11) is 0. The summed E-state index contributed by atoms with van der Waals surface area (Å²) in [6.45, 7) is 0. The van der Waals surface area contributed by atoms with Crippen molar-refractivity contribution in [3.8, 4) is 11.6 Å². The lowest BCUT2D eigenvalue weighted by atomic mass is 10.3. The van der Waals surface area contributed by atoms with Gasteiger partial charge < -0.3 is 10.2 Å². The average molecular weight is 212 g/mol. The molecule has 0 aliphatic rings. The molecular weight excluding hydrogens is 204 g/mol. The highest BCUT2D eigenvalue weighted by atomic mass is 16.3. The smallest absolute Gasteiger partial charge is 0.250 e. The van der Waals surface area contributed by atoms with Crippen LogP contribution in [0.25, 0.3) is 22.7 Å². The molecule has 16 heavy (non-hydrogen) atoms. The Bertz CT molecular complexity index is 614. The maximum atomic E-state index is 5.70. The molecule has 1 aromatic carbocycles. The zero-order valence-electron chi connectivity index (χ0n) is 8.29. The minimum absolute atomic E-state index is 0.314. The molecule has 3 aromatic rings. The van der Waals surface area contributed by atoms with E-state index in [2.05, 4.69) is 15.0 Å². The number of anilines is 1. The minimum atomic E-state index is 0.314. The van der Waals surface area contributed by atoms with Gasteiger partial charge in [-0.1, -0.05) is 12.1 Å².